The molecule has 4 heteroatoms. The molecule has 0 atom stereocenters. The van der Waals surface area contributed by atoms with Crippen molar-refractivity contribution in [2.45, 2.75) is 26.3 Å². The Bertz CT molecular complexity index is 134. The molecule has 0 bridgehead atoms. The summed E-state index contributed by atoms with van der Waals surface area (Å²) in [6, 6.07) is 0. The zero-order valence-electron chi connectivity index (χ0n) is 7.31. The predicted octanol–water partition coefficient (Wildman–Crippen LogP) is -0.166. The zero-order valence-corrected chi connectivity index (χ0v) is 7.31. The van der Waals surface area contributed by atoms with Crippen molar-refractivity contribution in [3.05, 3.63) is 0 Å². The Morgan fingerprint density at radius 1 is 1.64 bits per heavy atom. The summed E-state index contributed by atoms with van der Waals surface area (Å²) < 4.78 is 0. The SMILES string of the molecule is CC(=O)C(C)(C)NCCON. The van der Waals surface area contributed by atoms with E-state index in [0.29, 0.717) is 13.2 Å². The largest absolute Gasteiger partial charge is 0.303 e. The van der Waals surface area contributed by atoms with Crippen molar-refractivity contribution < 1.29 is 9.63 Å². The van der Waals surface area contributed by atoms with E-state index in [2.05, 4.69) is 10.2 Å². The highest BCUT2D eigenvalue weighted by Gasteiger charge is 2.21. The fourth-order valence-corrected chi connectivity index (χ4v) is 0.547. The summed E-state index contributed by atoms with van der Waals surface area (Å²) >= 11 is 0. The van der Waals surface area contributed by atoms with Crippen LogP contribution >= 0.6 is 0 Å². The lowest BCUT2D eigenvalue weighted by atomic mass is 10.0. The van der Waals surface area contributed by atoms with Crippen LogP contribution in [0.2, 0.25) is 0 Å². The molecular formula is C7H16N2O2. The maximum atomic E-state index is 10.9. The molecule has 0 fully saturated rings. The summed E-state index contributed by atoms with van der Waals surface area (Å²) in [6.07, 6.45) is 0. The molecule has 0 spiro atoms. The Morgan fingerprint density at radius 2 is 2.18 bits per heavy atom. The first-order valence-electron chi connectivity index (χ1n) is 3.58. The molecule has 0 unspecified atom stereocenters. The molecule has 0 radical (unpaired) electrons. The van der Waals surface area contributed by atoms with Gasteiger partial charge in [-0.2, -0.15) is 0 Å². The van der Waals surface area contributed by atoms with Gasteiger partial charge in [0, 0.05) is 6.54 Å². The average Bonchev–Trinajstić information content (AvgIpc) is 1.88. The Kier molecular flexibility index (Phi) is 4.25. The number of carbonyl (C=O) groups excluding carboxylic acids is 1. The highest BCUT2D eigenvalue weighted by atomic mass is 16.6. The van der Waals surface area contributed by atoms with Gasteiger partial charge in [0.1, 0.15) is 5.78 Å². The first-order valence-corrected chi connectivity index (χ1v) is 3.58. The topological polar surface area (TPSA) is 64.3 Å². The van der Waals surface area contributed by atoms with Gasteiger partial charge in [0.25, 0.3) is 0 Å². The van der Waals surface area contributed by atoms with E-state index in [4.69, 9.17) is 5.90 Å². The lowest BCUT2D eigenvalue weighted by Crippen LogP contribution is -2.46. The number of ketones is 1. The normalized spacial score (nSPS) is 11.6. The van der Waals surface area contributed by atoms with E-state index in [9.17, 15) is 4.79 Å². The quantitative estimate of drug-likeness (QED) is 0.433. The van der Waals surface area contributed by atoms with E-state index >= 15 is 0 Å². The average molecular weight is 160 g/mol. The van der Waals surface area contributed by atoms with Gasteiger partial charge in [-0.1, -0.05) is 0 Å². The van der Waals surface area contributed by atoms with Crippen LogP contribution in [0.1, 0.15) is 20.8 Å². The van der Waals surface area contributed by atoms with E-state index in [1.807, 2.05) is 13.8 Å². The van der Waals surface area contributed by atoms with Crippen LogP contribution in [-0.2, 0) is 9.63 Å². The van der Waals surface area contributed by atoms with Crippen LogP contribution in [-0.4, -0.2) is 24.5 Å². The van der Waals surface area contributed by atoms with Crippen molar-refractivity contribution in [2.24, 2.45) is 5.90 Å². The van der Waals surface area contributed by atoms with Crippen LogP contribution < -0.4 is 11.2 Å². The maximum absolute atomic E-state index is 10.9. The van der Waals surface area contributed by atoms with Crippen LogP contribution in [0, 0.1) is 0 Å². The minimum absolute atomic E-state index is 0.106. The van der Waals surface area contributed by atoms with Gasteiger partial charge in [-0.05, 0) is 20.8 Å². The molecule has 0 aromatic carbocycles. The second-order valence-electron chi connectivity index (χ2n) is 2.98. The van der Waals surface area contributed by atoms with Gasteiger partial charge in [0.2, 0.25) is 0 Å². The van der Waals surface area contributed by atoms with E-state index in [0.717, 1.165) is 0 Å². The molecule has 4 nitrogen and oxygen atoms in total. The van der Waals surface area contributed by atoms with E-state index in [1.165, 1.54) is 0 Å². The molecule has 0 aliphatic carbocycles. The molecule has 11 heavy (non-hydrogen) atoms. The standard InChI is InChI=1S/C7H16N2O2/c1-6(10)7(2,3)9-4-5-11-8/h9H,4-5,8H2,1-3H3. The summed E-state index contributed by atoms with van der Waals surface area (Å²) in [4.78, 5) is 15.3. The molecule has 0 amide bonds. The Labute approximate surface area is 67.0 Å². The van der Waals surface area contributed by atoms with Crippen molar-refractivity contribution in [2.75, 3.05) is 13.2 Å². The summed E-state index contributed by atoms with van der Waals surface area (Å²) in [7, 11) is 0. The first kappa shape index (κ1) is 10.6. The summed E-state index contributed by atoms with van der Waals surface area (Å²) in [5.41, 5.74) is -0.474. The molecule has 0 aliphatic heterocycles. The van der Waals surface area contributed by atoms with Crippen LogP contribution in [0.25, 0.3) is 0 Å². The van der Waals surface area contributed by atoms with Crippen molar-refractivity contribution in [3.63, 3.8) is 0 Å². The molecule has 0 saturated carbocycles. The Morgan fingerprint density at radius 3 is 2.55 bits per heavy atom. The molecule has 66 valence electrons. The molecule has 0 rings (SSSR count). The summed E-state index contributed by atoms with van der Waals surface area (Å²) in [6.45, 7) is 6.20. The van der Waals surface area contributed by atoms with Gasteiger partial charge in [-0.3, -0.25) is 4.79 Å². The van der Waals surface area contributed by atoms with Crippen molar-refractivity contribution in [3.8, 4) is 0 Å². The minimum Gasteiger partial charge on any atom is -0.303 e. The molecule has 0 heterocycles. The van der Waals surface area contributed by atoms with Crippen molar-refractivity contribution in [1.29, 1.82) is 0 Å². The highest BCUT2D eigenvalue weighted by molar-refractivity contribution is 5.85. The number of rotatable bonds is 5. The van der Waals surface area contributed by atoms with Crippen molar-refractivity contribution in [1.82, 2.24) is 5.32 Å². The third-order valence-corrected chi connectivity index (χ3v) is 1.67. The highest BCUT2D eigenvalue weighted by Crippen LogP contribution is 2.01. The van der Waals surface area contributed by atoms with Crippen molar-refractivity contribution >= 4 is 5.78 Å². The number of nitrogens with one attached hydrogen (secondary N) is 1. The van der Waals surface area contributed by atoms with Gasteiger partial charge in [0.15, 0.2) is 0 Å². The Balaban J connectivity index is 3.64. The van der Waals surface area contributed by atoms with Crippen LogP contribution in [0.5, 0.6) is 0 Å². The zero-order chi connectivity index (χ0) is 8.91. The predicted molar refractivity (Wildman–Crippen MR) is 42.9 cm³/mol. The van der Waals surface area contributed by atoms with Gasteiger partial charge in [-0.15, -0.1) is 0 Å². The molecule has 0 aromatic rings. The van der Waals surface area contributed by atoms with E-state index < -0.39 is 5.54 Å². The second-order valence-corrected chi connectivity index (χ2v) is 2.98. The summed E-state index contributed by atoms with van der Waals surface area (Å²) in [5, 5.41) is 3.00. The third-order valence-electron chi connectivity index (χ3n) is 1.67. The van der Waals surface area contributed by atoms with E-state index in [-0.39, 0.29) is 5.78 Å². The molecule has 0 aliphatic rings. The molecular weight excluding hydrogens is 144 g/mol. The van der Waals surface area contributed by atoms with Gasteiger partial charge >= 0.3 is 0 Å². The second kappa shape index (κ2) is 4.43. The lowest BCUT2D eigenvalue weighted by Gasteiger charge is -2.22. The van der Waals surface area contributed by atoms with Gasteiger partial charge in [-0.25, -0.2) is 5.90 Å². The number of hydrogen-bond donors (Lipinski definition) is 2. The molecule has 3 N–H and O–H groups in total. The van der Waals surface area contributed by atoms with Crippen LogP contribution in [0.4, 0.5) is 0 Å². The summed E-state index contributed by atoms with van der Waals surface area (Å²) in [5.74, 6) is 4.92. The molecule has 0 saturated heterocycles. The van der Waals surface area contributed by atoms with Gasteiger partial charge in [0.05, 0.1) is 12.1 Å². The fraction of sp³-hybridized carbons (Fsp3) is 0.857. The molecule has 0 aromatic heterocycles. The number of carbonyl (C=O) groups is 1. The maximum Gasteiger partial charge on any atom is 0.149 e. The van der Waals surface area contributed by atoms with E-state index in [1.54, 1.807) is 6.92 Å². The smallest absolute Gasteiger partial charge is 0.149 e. The minimum atomic E-state index is -0.474. The fourth-order valence-electron chi connectivity index (χ4n) is 0.547. The van der Waals surface area contributed by atoms with Gasteiger partial charge < -0.3 is 10.2 Å². The number of hydrogen-bond acceptors (Lipinski definition) is 4. The Hall–Kier alpha value is -0.450. The van der Waals surface area contributed by atoms with Crippen LogP contribution in [0.3, 0.4) is 0 Å². The number of Topliss-reactive ketones (excluding diaryl/α,β-unsaturated/α-hetero) is 1. The monoisotopic (exact) mass is 160 g/mol. The third kappa shape index (κ3) is 4.08. The lowest BCUT2D eigenvalue weighted by molar-refractivity contribution is -0.122. The van der Waals surface area contributed by atoms with Crippen LogP contribution in [0.15, 0.2) is 0 Å². The number of nitrogens with two attached hydrogens (primary N) is 1. The first-order chi connectivity index (χ1) is 5.00.